The van der Waals surface area contributed by atoms with Gasteiger partial charge in [0.15, 0.2) is 0 Å². The van der Waals surface area contributed by atoms with Crippen LogP contribution in [0, 0.1) is 0 Å². The minimum Gasteiger partial charge on any atom is -0.494 e. The van der Waals surface area contributed by atoms with Crippen molar-refractivity contribution in [1.29, 1.82) is 0 Å². The van der Waals surface area contributed by atoms with Crippen molar-refractivity contribution in [1.82, 2.24) is 19.9 Å². The van der Waals surface area contributed by atoms with Gasteiger partial charge in [-0.2, -0.15) is 5.10 Å². The SMILES string of the molecule is O=S(=O)(NCc1ncn[nH]1)c1ccc(OCCCCl)cc1. The molecule has 0 fully saturated rings. The Labute approximate surface area is 127 Å². The topological polar surface area (TPSA) is 97.0 Å². The van der Waals surface area contributed by atoms with Gasteiger partial charge in [0.2, 0.25) is 10.0 Å². The van der Waals surface area contributed by atoms with Crippen LogP contribution in [0.25, 0.3) is 0 Å². The maximum atomic E-state index is 12.1. The highest BCUT2D eigenvalue weighted by Crippen LogP contribution is 2.16. The second kappa shape index (κ2) is 7.39. The van der Waals surface area contributed by atoms with Gasteiger partial charge in [-0.25, -0.2) is 18.1 Å². The number of rotatable bonds is 8. The van der Waals surface area contributed by atoms with Crippen LogP contribution in [0.15, 0.2) is 35.5 Å². The number of aromatic nitrogens is 3. The monoisotopic (exact) mass is 330 g/mol. The summed E-state index contributed by atoms with van der Waals surface area (Å²) in [6.07, 6.45) is 2.05. The molecule has 0 bridgehead atoms. The molecule has 2 aromatic rings. The lowest BCUT2D eigenvalue weighted by molar-refractivity contribution is 0.318. The summed E-state index contributed by atoms with van der Waals surface area (Å²) in [5, 5.41) is 6.23. The Morgan fingerprint density at radius 2 is 2.05 bits per heavy atom. The number of hydrogen-bond donors (Lipinski definition) is 2. The number of nitrogens with one attached hydrogen (secondary N) is 2. The second-order valence-corrected chi connectivity index (χ2v) is 6.26. The lowest BCUT2D eigenvalue weighted by Gasteiger charge is -2.07. The first-order chi connectivity index (χ1) is 10.1. The largest absolute Gasteiger partial charge is 0.494 e. The molecule has 0 radical (unpaired) electrons. The Kier molecular flexibility index (Phi) is 5.54. The number of benzene rings is 1. The summed E-state index contributed by atoms with van der Waals surface area (Å²) in [7, 11) is -3.59. The molecular formula is C12H15ClN4O3S. The fourth-order valence-electron chi connectivity index (χ4n) is 1.52. The van der Waals surface area contributed by atoms with Crippen molar-refractivity contribution in [3.05, 3.63) is 36.4 Å². The zero-order valence-corrected chi connectivity index (χ0v) is 12.7. The van der Waals surface area contributed by atoms with E-state index >= 15 is 0 Å². The predicted molar refractivity (Wildman–Crippen MR) is 77.7 cm³/mol. The van der Waals surface area contributed by atoms with Gasteiger partial charge in [-0.05, 0) is 30.7 Å². The van der Waals surface area contributed by atoms with E-state index in [1.54, 1.807) is 12.1 Å². The Morgan fingerprint density at radius 3 is 2.67 bits per heavy atom. The van der Waals surface area contributed by atoms with Gasteiger partial charge in [-0.3, -0.25) is 5.10 Å². The molecule has 1 heterocycles. The van der Waals surface area contributed by atoms with Crippen LogP contribution in [-0.2, 0) is 16.6 Å². The van der Waals surface area contributed by atoms with E-state index in [1.807, 2.05) is 0 Å². The van der Waals surface area contributed by atoms with E-state index in [0.717, 1.165) is 6.42 Å². The van der Waals surface area contributed by atoms with Crippen molar-refractivity contribution in [2.45, 2.75) is 17.9 Å². The molecular weight excluding hydrogens is 316 g/mol. The van der Waals surface area contributed by atoms with Gasteiger partial charge < -0.3 is 4.74 Å². The summed E-state index contributed by atoms with van der Waals surface area (Å²) in [4.78, 5) is 4.00. The highest BCUT2D eigenvalue weighted by molar-refractivity contribution is 7.89. The first kappa shape index (κ1) is 15.7. The van der Waals surface area contributed by atoms with Gasteiger partial charge in [0.05, 0.1) is 18.0 Å². The molecule has 2 N–H and O–H groups in total. The van der Waals surface area contributed by atoms with Crippen LogP contribution in [0.1, 0.15) is 12.2 Å². The van der Waals surface area contributed by atoms with Gasteiger partial charge in [-0.15, -0.1) is 11.6 Å². The Balaban J connectivity index is 1.96. The summed E-state index contributed by atoms with van der Waals surface area (Å²) >= 11 is 5.55. The van der Waals surface area contributed by atoms with E-state index in [-0.39, 0.29) is 11.4 Å². The molecule has 0 aliphatic carbocycles. The number of H-pyrrole nitrogens is 1. The highest BCUT2D eigenvalue weighted by Gasteiger charge is 2.14. The minimum absolute atomic E-state index is 0.0519. The molecule has 0 aliphatic heterocycles. The van der Waals surface area contributed by atoms with Crippen molar-refractivity contribution in [3.8, 4) is 5.75 Å². The Bertz CT molecular complexity index is 644. The van der Waals surface area contributed by atoms with Crippen LogP contribution >= 0.6 is 11.6 Å². The maximum absolute atomic E-state index is 12.1. The molecule has 0 saturated heterocycles. The fourth-order valence-corrected chi connectivity index (χ4v) is 2.62. The van der Waals surface area contributed by atoms with Crippen LogP contribution in [0.5, 0.6) is 5.75 Å². The normalized spacial score (nSPS) is 11.5. The number of halogens is 1. The van der Waals surface area contributed by atoms with Gasteiger partial charge in [-0.1, -0.05) is 0 Å². The molecule has 1 aromatic carbocycles. The second-order valence-electron chi connectivity index (χ2n) is 4.12. The molecule has 7 nitrogen and oxygen atoms in total. The molecule has 21 heavy (non-hydrogen) atoms. The fraction of sp³-hybridized carbons (Fsp3) is 0.333. The number of ether oxygens (including phenoxy) is 1. The molecule has 0 spiro atoms. The molecule has 0 unspecified atom stereocenters. The van der Waals surface area contributed by atoms with Crippen LogP contribution in [0.3, 0.4) is 0 Å². The molecule has 1 aromatic heterocycles. The number of aromatic amines is 1. The van der Waals surface area contributed by atoms with E-state index in [2.05, 4.69) is 19.9 Å². The molecule has 0 aliphatic rings. The van der Waals surface area contributed by atoms with Crippen molar-refractivity contribution >= 4 is 21.6 Å². The van der Waals surface area contributed by atoms with E-state index in [9.17, 15) is 8.42 Å². The molecule has 0 saturated carbocycles. The van der Waals surface area contributed by atoms with Crippen molar-refractivity contribution < 1.29 is 13.2 Å². The standard InChI is InChI=1S/C12H15ClN4O3S/c13-6-1-7-20-10-2-4-11(5-3-10)21(18,19)16-8-12-14-9-15-17-12/h2-5,9,16H,1,6-8H2,(H,14,15,17). The van der Waals surface area contributed by atoms with E-state index in [0.29, 0.717) is 24.1 Å². The zero-order valence-electron chi connectivity index (χ0n) is 11.1. The number of alkyl halides is 1. The first-order valence-corrected chi connectivity index (χ1v) is 8.26. The quantitative estimate of drug-likeness (QED) is 0.561. The van der Waals surface area contributed by atoms with Crippen LogP contribution in [0.2, 0.25) is 0 Å². The predicted octanol–water partition coefficient (Wildman–Crippen LogP) is 1.29. The van der Waals surface area contributed by atoms with Gasteiger partial charge in [0.25, 0.3) is 0 Å². The lowest BCUT2D eigenvalue weighted by atomic mass is 10.3. The van der Waals surface area contributed by atoms with Crippen molar-refractivity contribution in [2.75, 3.05) is 12.5 Å². The van der Waals surface area contributed by atoms with E-state index in [4.69, 9.17) is 16.3 Å². The maximum Gasteiger partial charge on any atom is 0.240 e. The zero-order chi connectivity index (χ0) is 15.1. The third kappa shape index (κ3) is 4.69. The minimum atomic E-state index is -3.59. The summed E-state index contributed by atoms with van der Waals surface area (Å²) in [6, 6.07) is 6.19. The average molecular weight is 331 g/mol. The number of sulfonamides is 1. The molecule has 9 heteroatoms. The Hall–Kier alpha value is -1.64. The molecule has 0 amide bonds. The van der Waals surface area contributed by atoms with Gasteiger partial charge in [0, 0.05) is 5.88 Å². The molecule has 2 rings (SSSR count). The third-order valence-corrected chi connectivity index (χ3v) is 4.26. The molecule has 114 valence electrons. The average Bonchev–Trinajstić information content (AvgIpc) is 3.00. The van der Waals surface area contributed by atoms with Crippen molar-refractivity contribution in [3.63, 3.8) is 0 Å². The Morgan fingerprint density at radius 1 is 1.29 bits per heavy atom. The van der Waals surface area contributed by atoms with Crippen molar-refractivity contribution in [2.24, 2.45) is 0 Å². The smallest absolute Gasteiger partial charge is 0.240 e. The third-order valence-electron chi connectivity index (χ3n) is 2.58. The van der Waals surface area contributed by atoms with Gasteiger partial charge in [0.1, 0.15) is 17.9 Å². The van der Waals surface area contributed by atoms with Gasteiger partial charge >= 0.3 is 0 Å². The summed E-state index contributed by atoms with van der Waals surface area (Å²) in [5.41, 5.74) is 0. The van der Waals surface area contributed by atoms with Crippen LogP contribution in [-0.4, -0.2) is 36.1 Å². The summed E-state index contributed by atoms with van der Waals surface area (Å²) in [6.45, 7) is 0.551. The lowest BCUT2D eigenvalue weighted by Crippen LogP contribution is -2.23. The van der Waals surface area contributed by atoms with E-state index < -0.39 is 10.0 Å². The van der Waals surface area contributed by atoms with Crippen LogP contribution in [0.4, 0.5) is 0 Å². The molecule has 0 atom stereocenters. The van der Waals surface area contributed by atoms with Crippen LogP contribution < -0.4 is 9.46 Å². The van der Waals surface area contributed by atoms with E-state index in [1.165, 1.54) is 18.5 Å². The number of hydrogen-bond acceptors (Lipinski definition) is 5. The number of nitrogens with zero attached hydrogens (tertiary/aromatic N) is 2. The first-order valence-electron chi connectivity index (χ1n) is 6.24. The highest BCUT2D eigenvalue weighted by atomic mass is 35.5. The summed E-state index contributed by atoms with van der Waals surface area (Å²) in [5.74, 6) is 1.58. The summed E-state index contributed by atoms with van der Waals surface area (Å²) < 4.78 is 32.0.